The third-order valence-electron chi connectivity index (χ3n) is 2.02. The lowest BCUT2D eigenvalue weighted by atomic mass is 10.1. The Morgan fingerprint density at radius 1 is 1.33 bits per heavy atom. The molecule has 0 aliphatic rings. The van der Waals surface area contributed by atoms with E-state index >= 15 is 0 Å². The number of benzene rings is 1. The first-order valence-electron chi connectivity index (χ1n) is 4.17. The van der Waals surface area contributed by atoms with E-state index in [2.05, 4.69) is 11.8 Å². The first-order chi connectivity index (χ1) is 5.77. The number of rotatable bonds is 3. The lowest BCUT2D eigenvalue weighted by Gasteiger charge is -2.07. The Bertz CT molecular complexity index is 228. The van der Waals surface area contributed by atoms with Crippen molar-refractivity contribution < 1.29 is 10.1 Å². The van der Waals surface area contributed by atoms with E-state index in [0.717, 1.165) is 12.0 Å². The summed E-state index contributed by atoms with van der Waals surface area (Å²) in [6.45, 7) is 3.92. The average Bonchev–Trinajstić information content (AvgIpc) is 2.17. The fourth-order valence-electron chi connectivity index (χ4n) is 1.09. The molecule has 1 aromatic carbocycles. The molecule has 0 saturated heterocycles. The molecule has 0 amide bonds. The van der Waals surface area contributed by atoms with Crippen LogP contribution < -0.4 is 0 Å². The third-order valence-corrected chi connectivity index (χ3v) is 2.02. The molecule has 2 nitrogen and oxygen atoms in total. The molecule has 0 spiro atoms. The van der Waals surface area contributed by atoms with Gasteiger partial charge in [-0.15, -0.1) is 0 Å². The zero-order valence-corrected chi connectivity index (χ0v) is 7.45. The van der Waals surface area contributed by atoms with Gasteiger partial charge in [-0.05, 0) is 24.5 Å². The Labute approximate surface area is 72.7 Å². The summed E-state index contributed by atoms with van der Waals surface area (Å²) in [7, 11) is 0. The number of hydrogen-bond acceptors (Lipinski definition) is 2. The van der Waals surface area contributed by atoms with Gasteiger partial charge in [0.1, 0.15) is 6.10 Å². The first-order valence-corrected chi connectivity index (χ1v) is 4.17. The SMILES string of the molecule is CCc1ccc(C(C)OO)cc1. The Morgan fingerprint density at radius 3 is 2.33 bits per heavy atom. The summed E-state index contributed by atoms with van der Waals surface area (Å²) >= 11 is 0. The van der Waals surface area contributed by atoms with E-state index in [-0.39, 0.29) is 6.10 Å². The Hall–Kier alpha value is -0.860. The van der Waals surface area contributed by atoms with Crippen molar-refractivity contribution in [1.29, 1.82) is 0 Å². The largest absolute Gasteiger partial charge is 0.251 e. The highest BCUT2D eigenvalue weighted by molar-refractivity contribution is 5.23. The molecule has 0 aromatic heterocycles. The lowest BCUT2D eigenvalue weighted by Crippen LogP contribution is -1.95. The second-order valence-electron chi connectivity index (χ2n) is 2.84. The topological polar surface area (TPSA) is 29.5 Å². The van der Waals surface area contributed by atoms with Crippen molar-refractivity contribution in [2.45, 2.75) is 26.4 Å². The zero-order chi connectivity index (χ0) is 8.97. The maximum Gasteiger partial charge on any atom is 0.115 e. The average molecular weight is 166 g/mol. The van der Waals surface area contributed by atoms with Crippen LogP contribution in [0.15, 0.2) is 24.3 Å². The van der Waals surface area contributed by atoms with Crippen molar-refractivity contribution in [1.82, 2.24) is 0 Å². The molecule has 0 radical (unpaired) electrons. The summed E-state index contributed by atoms with van der Waals surface area (Å²) in [6.07, 6.45) is 0.796. The van der Waals surface area contributed by atoms with Crippen LogP contribution in [-0.4, -0.2) is 5.26 Å². The van der Waals surface area contributed by atoms with Crippen LogP contribution in [0.1, 0.15) is 31.1 Å². The van der Waals surface area contributed by atoms with Gasteiger partial charge in [-0.25, -0.2) is 4.89 Å². The Balaban J connectivity index is 2.77. The number of hydrogen-bond donors (Lipinski definition) is 1. The Morgan fingerprint density at radius 2 is 1.92 bits per heavy atom. The van der Waals surface area contributed by atoms with E-state index in [1.54, 1.807) is 6.92 Å². The molecule has 0 saturated carbocycles. The van der Waals surface area contributed by atoms with Gasteiger partial charge in [0, 0.05) is 0 Å². The molecule has 2 heteroatoms. The fraction of sp³-hybridized carbons (Fsp3) is 0.400. The van der Waals surface area contributed by atoms with Gasteiger partial charge in [0.05, 0.1) is 0 Å². The van der Waals surface area contributed by atoms with Gasteiger partial charge in [-0.2, -0.15) is 0 Å². The molecule has 0 heterocycles. The molecule has 0 aliphatic carbocycles. The minimum atomic E-state index is -0.240. The maximum absolute atomic E-state index is 8.41. The summed E-state index contributed by atoms with van der Waals surface area (Å²) < 4.78 is 0. The molecular weight excluding hydrogens is 152 g/mol. The molecule has 12 heavy (non-hydrogen) atoms. The van der Waals surface area contributed by atoms with E-state index in [0.29, 0.717) is 0 Å². The van der Waals surface area contributed by atoms with Crippen LogP contribution in [0.3, 0.4) is 0 Å². The van der Waals surface area contributed by atoms with Gasteiger partial charge in [0.2, 0.25) is 0 Å². The van der Waals surface area contributed by atoms with E-state index in [4.69, 9.17) is 5.26 Å². The predicted octanol–water partition coefficient (Wildman–Crippen LogP) is 2.80. The molecular formula is C10H14O2. The third kappa shape index (κ3) is 2.06. The van der Waals surface area contributed by atoms with Gasteiger partial charge < -0.3 is 0 Å². The second-order valence-corrected chi connectivity index (χ2v) is 2.84. The van der Waals surface area contributed by atoms with Gasteiger partial charge in [0.15, 0.2) is 0 Å². The molecule has 1 rings (SSSR count). The summed E-state index contributed by atoms with van der Waals surface area (Å²) in [6, 6.07) is 8.04. The van der Waals surface area contributed by atoms with E-state index in [9.17, 15) is 0 Å². The molecule has 0 fully saturated rings. The van der Waals surface area contributed by atoms with Crippen LogP contribution in [0.25, 0.3) is 0 Å². The molecule has 1 atom stereocenters. The summed E-state index contributed by atoms with van der Waals surface area (Å²) in [5.74, 6) is 0. The van der Waals surface area contributed by atoms with Crippen LogP contribution in [-0.2, 0) is 11.3 Å². The smallest absolute Gasteiger partial charge is 0.115 e. The van der Waals surface area contributed by atoms with Crippen LogP contribution in [0.2, 0.25) is 0 Å². The predicted molar refractivity (Wildman–Crippen MR) is 47.9 cm³/mol. The zero-order valence-electron chi connectivity index (χ0n) is 7.45. The molecule has 1 aromatic rings. The van der Waals surface area contributed by atoms with Gasteiger partial charge in [0.25, 0.3) is 0 Å². The molecule has 1 N–H and O–H groups in total. The number of aryl methyl sites for hydroxylation is 1. The van der Waals surface area contributed by atoms with E-state index in [1.165, 1.54) is 5.56 Å². The van der Waals surface area contributed by atoms with Crippen LogP contribution in [0.5, 0.6) is 0 Å². The second kappa shape index (κ2) is 4.24. The van der Waals surface area contributed by atoms with Crippen molar-refractivity contribution in [2.24, 2.45) is 0 Å². The van der Waals surface area contributed by atoms with Crippen LogP contribution in [0, 0.1) is 0 Å². The van der Waals surface area contributed by atoms with E-state index in [1.807, 2.05) is 24.3 Å². The molecule has 0 aliphatic heterocycles. The molecule has 0 bridgehead atoms. The normalized spacial score (nSPS) is 12.9. The van der Waals surface area contributed by atoms with Gasteiger partial charge in [-0.3, -0.25) is 5.26 Å². The highest BCUT2D eigenvalue weighted by Crippen LogP contribution is 2.15. The van der Waals surface area contributed by atoms with Crippen LogP contribution in [0.4, 0.5) is 0 Å². The minimum Gasteiger partial charge on any atom is -0.251 e. The Kier molecular flexibility index (Phi) is 3.26. The van der Waals surface area contributed by atoms with Crippen LogP contribution >= 0.6 is 0 Å². The lowest BCUT2D eigenvalue weighted by molar-refractivity contribution is -0.277. The standard InChI is InChI=1S/C10H14O2/c1-3-9-4-6-10(7-5-9)8(2)12-11/h4-8,11H,3H2,1-2H3. The summed E-state index contributed by atoms with van der Waals surface area (Å²) in [5, 5.41) is 8.41. The first kappa shape index (κ1) is 9.23. The monoisotopic (exact) mass is 166 g/mol. The quantitative estimate of drug-likeness (QED) is 0.552. The molecule has 1 unspecified atom stereocenters. The minimum absolute atomic E-state index is 0.240. The molecule has 66 valence electrons. The van der Waals surface area contributed by atoms with Crippen molar-refractivity contribution >= 4 is 0 Å². The maximum atomic E-state index is 8.41. The highest BCUT2D eigenvalue weighted by Gasteiger charge is 2.03. The summed E-state index contributed by atoms with van der Waals surface area (Å²) in [5.41, 5.74) is 2.29. The van der Waals surface area contributed by atoms with Crippen molar-refractivity contribution in [3.8, 4) is 0 Å². The highest BCUT2D eigenvalue weighted by atomic mass is 17.1. The summed E-state index contributed by atoms with van der Waals surface area (Å²) in [4.78, 5) is 4.21. The van der Waals surface area contributed by atoms with Crippen molar-refractivity contribution in [3.05, 3.63) is 35.4 Å². The van der Waals surface area contributed by atoms with Gasteiger partial charge in [-0.1, -0.05) is 31.2 Å². The van der Waals surface area contributed by atoms with Gasteiger partial charge >= 0.3 is 0 Å². The fourth-order valence-corrected chi connectivity index (χ4v) is 1.09. The van der Waals surface area contributed by atoms with E-state index < -0.39 is 0 Å². The van der Waals surface area contributed by atoms with Crippen molar-refractivity contribution in [3.63, 3.8) is 0 Å². The van der Waals surface area contributed by atoms with Crippen molar-refractivity contribution in [2.75, 3.05) is 0 Å².